The van der Waals surface area contributed by atoms with Crippen LogP contribution in [0.2, 0.25) is 5.02 Å². The largest absolute Gasteiger partial charge is 0.495 e. The summed E-state index contributed by atoms with van der Waals surface area (Å²) in [5, 5.41) is 5.12. The first-order chi connectivity index (χ1) is 9.24. The summed E-state index contributed by atoms with van der Waals surface area (Å²) in [5.41, 5.74) is 1.22. The fraction of sp³-hybridized carbons (Fsp3) is 0.600. The molecule has 4 heteroatoms. The molecule has 19 heavy (non-hydrogen) atoms. The minimum Gasteiger partial charge on any atom is -0.495 e. The van der Waals surface area contributed by atoms with Gasteiger partial charge in [0.15, 0.2) is 0 Å². The van der Waals surface area contributed by atoms with Crippen molar-refractivity contribution in [3.05, 3.63) is 28.8 Å². The van der Waals surface area contributed by atoms with Crippen molar-refractivity contribution in [2.75, 3.05) is 13.4 Å². The number of benzene rings is 1. The highest BCUT2D eigenvalue weighted by Crippen LogP contribution is 2.28. The molecule has 1 fully saturated rings. The number of rotatable bonds is 5. The van der Waals surface area contributed by atoms with E-state index in [4.69, 9.17) is 16.3 Å². The van der Waals surface area contributed by atoms with E-state index in [0.717, 1.165) is 17.5 Å². The van der Waals surface area contributed by atoms with Gasteiger partial charge in [0.1, 0.15) is 5.75 Å². The molecule has 0 radical (unpaired) electrons. The first-order valence-corrected chi connectivity index (χ1v) is 8.49. The molecule has 0 spiro atoms. The van der Waals surface area contributed by atoms with Crippen LogP contribution < -0.4 is 10.1 Å². The Labute approximate surface area is 125 Å². The van der Waals surface area contributed by atoms with Crippen molar-refractivity contribution >= 4 is 23.4 Å². The zero-order chi connectivity index (χ0) is 13.7. The molecular weight excluding hydrogens is 278 g/mol. The number of hydrogen-bond donors (Lipinski definition) is 1. The monoisotopic (exact) mass is 299 g/mol. The number of halogens is 1. The van der Waals surface area contributed by atoms with Crippen molar-refractivity contribution in [1.82, 2.24) is 5.32 Å². The Morgan fingerprint density at radius 2 is 2.16 bits per heavy atom. The third kappa shape index (κ3) is 4.04. The van der Waals surface area contributed by atoms with Gasteiger partial charge in [-0.3, -0.25) is 0 Å². The van der Waals surface area contributed by atoms with E-state index in [0.29, 0.717) is 11.1 Å². The van der Waals surface area contributed by atoms with Crippen molar-refractivity contribution in [3.63, 3.8) is 0 Å². The van der Waals surface area contributed by atoms with Crippen molar-refractivity contribution in [1.29, 1.82) is 0 Å². The van der Waals surface area contributed by atoms with Crippen LogP contribution in [0, 0.1) is 0 Å². The molecule has 1 saturated carbocycles. The third-order valence-electron chi connectivity index (χ3n) is 3.79. The summed E-state index contributed by atoms with van der Waals surface area (Å²) in [4.78, 5) is 0. The third-order valence-corrected chi connectivity index (χ3v) is 5.25. The Kier molecular flexibility index (Phi) is 5.86. The molecule has 0 amide bonds. The van der Waals surface area contributed by atoms with E-state index in [2.05, 4.69) is 17.6 Å². The Bertz CT molecular complexity index is 413. The second kappa shape index (κ2) is 7.41. The first-order valence-electron chi connectivity index (χ1n) is 6.83. The van der Waals surface area contributed by atoms with E-state index in [-0.39, 0.29) is 0 Å². The SMILES string of the molecule is COc1ccc(CNC2CCCCC2SC)cc1Cl. The fourth-order valence-electron chi connectivity index (χ4n) is 2.68. The molecule has 2 rings (SSSR count). The number of hydrogen-bond acceptors (Lipinski definition) is 3. The molecule has 2 unspecified atom stereocenters. The molecule has 0 aromatic heterocycles. The zero-order valence-corrected chi connectivity index (χ0v) is 13.2. The Morgan fingerprint density at radius 3 is 2.84 bits per heavy atom. The molecule has 2 atom stereocenters. The molecule has 0 saturated heterocycles. The second-order valence-corrected chi connectivity index (χ2v) is 6.50. The maximum atomic E-state index is 6.15. The smallest absolute Gasteiger partial charge is 0.137 e. The number of ether oxygens (including phenoxy) is 1. The van der Waals surface area contributed by atoms with Crippen LogP contribution in [0.5, 0.6) is 5.75 Å². The van der Waals surface area contributed by atoms with Crippen molar-refractivity contribution in [2.45, 2.75) is 43.5 Å². The minimum absolute atomic E-state index is 0.629. The van der Waals surface area contributed by atoms with Gasteiger partial charge in [0, 0.05) is 17.8 Å². The number of thioether (sulfide) groups is 1. The molecular formula is C15H22ClNOS. The van der Waals surface area contributed by atoms with E-state index < -0.39 is 0 Å². The Balaban J connectivity index is 1.92. The lowest BCUT2D eigenvalue weighted by atomic mass is 9.94. The van der Waals surface area contributed by atoms with Crippen LogP contribution >= 0.6 is 23.4 Å². The number of nitrogens with one attached hydrogen (secondary N) is 1. The molecule has 1 aliphatic carbocycles. The van der Waals surface area contributed by atoms with Gasteiger partial charge >= 0.3 is 0 Å². The lowest BCUT2D eigenvalue weighted by Crippen LogP contribution is -2.39. The van der Waals surface area contributed by atoms with Crippen LogP contribution in [0.25, 0.3) is 0 Å². The molecule has 1 aromatic carbocycles. The molecule has 0 aliphatic heterocycles. The summed E-state index contributed by atoms with van der Waals surface area (Å²) in [6.07, 6.45) is 7.56. The predicted molar refractivity (Wildman–Crippen MR) is 84.4 cm³/mol. The lowest BCUT2D eigenvalue weighted by molar-refractivity contribution is 0.383. The van der Waals surface area contributed by atoms with E-state index in [1.54, 1.807) is 7.11 Å². The maximum absolute atomic E-state index is 6.15. The van der Waals surface area contributed by atoms with E-state index in [1.807, 2.05) is 23.9 Å². The highest BCUT2D eigenvalue weighted by Gasteiger charge is 2.23. The summed E-state index contributed by atoms with van der Waals surface area (Å²) in [5.74, 6) is 0.741. The maximum Gasteiger partial charge on any atom is 0.137 e. The van der Waals surface area contributed by atoms with Crippen molar-refractivity contribution in [3.8, 4) is 5.75 Å². The summed E-state index contributed by atoms with van der Waals surface area (Å²) in [6.45, 7) is 0.880. The first kappa shape index (κ1) is 15.0. The Hall–Kier alpha value is -0.380. The molecule has 106 valence electrons. The van der Waals surface area contributed by atoms with Gasteiger partial charge in [0.2, 0.25) is 0 Å². The topological polar surface area (TPSA) is 21.3 Å². The van der Waals surface area contributed by atoms with Crippen LogP contribution in [0.1, 0.15) is 31.2 Å². The van der Waals surface area contributed by atoms with Gasteiger partial charge < -0.3 is 10.1 Å². The van der Waals surface area contributed by atoms with Gasteiger partial charge in [-0.2, -0.15) is 11.8 Å². The van der Waals surface area contributed by atoms with Crippen LogP contribution in [0.4, 0.5) is 0 Å². The molecule has 2 nitrogen and oxygen atoms in total. The standard InChI is InChI=1S/C15H22ClNOS/c1-18-14-8-7-11(9-12(14)16)10-17-13-5-3-4-6-15(13)19-2/h7-9,13,15,17H,3-6,10H2,1-2H3. The lowest BCUT2D eigenvalue weighted by Gasteiger charge is -2.31. The average molecular weight is 300 g/mol. The van der Waals surface area contributed by atoms with Gasteiger partial charge in [-0.1, -0.05) is 30.5 Å². The van der Waals surface area contributed by atoms with Gasteiger partial charge in [-0.05, 0) is 36.8 Å². The van der Waals surface area contributed by atoms with E-state index in [1.165, 1.54) is 31.2 Å². The minimum atomic E-state index is 0.629. The summed E-state index contributed by atoms with van der Waals surface area (Å²) in [7, 11) is 1.64. The molecule has 1 aliphatic rings. The van der Waals surface area contributed by atoms with Gasteiger partial charge in [0.05, 0.1) is 12.1 Å². The highest BCUT2D eigenvalue weighted by molar-refractivity contribution is 7.99. The van der Waals surface area contributed by atoms with Crippen LogP contribution in [-0.4, -0.2) is 24.7 Å². The van der Waals surface area contributed by atoms with E-state index >= 15 is 0 Å². The van der Waals surface area contributed by atoms with Crippen LogP contribution in [0.3, 0.4) is 0 Å². The average Bonchev–Trinajstić information content (AvgIpc) is 2.45. The second-order valence-electron chi connectivity index (χ2n) is 5.01. The molecule has 0 bridgehead atoms. The summed E-state index contributed by atoms with van der Waals surface area (Å²) >= 11 is 8.14. The quantitative estimate of drug-likeness (QED) is 0.884. The highest BCUT2D eigenvalue weighted by atomic mass is 35.5. The van der Waals surface area contributed by atoms with Gasteiger partial charge in [-0.15, -0.1) is 0 Å². The van der Waals surface area contributed by atoms with E-state index in [9.17, 15) is 0 Å². The molecule has 1 N–H and O–H groups in total. The van der Waals surface area contributed by atoms with Crippen LogP contribution in [0.15, 0.2) is 18.2 Å². The number of methoxy groups -OCH3 is 1. The summed E-state index contributed by atoms with van der Waals surface area (Å²) in [6, 6.07) is 6.63. The Morgan fingerprint density at radius 1 is 1.37 bits per heavy atom. The van der Waals surface area contributed by atoms with Crippen molar-refractivity contribution < 1.29 is 4.74 Å². The van der Waals surface area contributed by atoms with Crippen molar-refractivity contribution in [2.24, 2.45) is 0 Å². The molecule has 1 aromatic rings. The van der Waals surface area contributed by atoms with Gasteiger partial charge in [0.25, 0.3) is 0 Å². The normalized spacial score (nSPS) is 23.3. The van der Waals surface area contributed by atoms with Crippen LogP contribution in [-0.2, 0) is 6.54 Å². The molecule has 0 heterocycles. The summed E-state index contributed by atoms with van der Waals surface area (Å²) < 4.78 is 5.17. The zero-order valence-electron chi connectivity index (χ0n) is 11.6. The fourth-order valence-corrected chi connectivity index (χ4v) is 3.92. The predicted octanol–water partition coefficient (Wildman–Crippen LogP) is 4.11. The van der Waals surface area contributed by atoms with Gasteiger partial charge in [-0.25, -0.2) is 0 Å².